The van der Waals surface area contributed by atoms with Crippen LogP contribution in [0.5, 0.6) is 0 Å². The molecule has 4 N–H and O–H groups in total. The van der Waals surface area contributed by atoms with Gasteiger partial charge in [-0.1, -0.05) is 5.53 Å². The fourth-order valence-electron chi connectivity index (χ4n) is 0.981. The van der Waals surface area contributed by atoms with Crippen molar-refractivity contribution >= 4 is 11.7 Å². The number of nitrogens with zero attached hydrogens (tertiary/aromatic N) is 3. The molecular formula is C6H11N6O2+. The molecule has 0 aliphatic carbocycles. The van der Waals surface area contributed by atoms with Crippen molar-refractivity contribution in [2.24, 2.45) is 5.73 Å². The average Bonchev–Trinajstić information content (AvgIpc) is 2.49. The molecule has 0 fully saturated rings. The van der Waals surface area contributed by atoms with Crippen molar-refractivity contribution in [1.82, 2.24) is 15.5 Å². The van der Waals surface area contributed by atoms with E-state index in [1.165, 1.54) is 25.4 Å². The lowest BCUT2D eigenvalue weighted by Gasteiger charge is -2.11. The van der Waals surface area contributed by atoms with Crippen LogP contribution in [0.4, 0.5) is 5.82 Å². The van der Waals surface area contributed by atoms with E-state index in [9.17, 15) is 9.70 Å². The van der Waals surface area contributed by atoms with E-state index in [0.29, 0.717) is 4.87 Å². The summed E-state index contributed by atoms with van der Waals surface area (Å²) in [4.78, 5) is 28.4. The lowest BCUT2D eigenvalue weighted by Crippen LogP contribution is -2.40. The van der Waals surface area contributed by atoms with Gasteiger partial charge in [0.15, 0.2) is 5.82 Å². The normalized spacial score (nSPS) is 9.57. The smallest absolute Gasteiger partial charge is 0.269 e. The molecule has 1 rings (SSSR count). The standard InChI is InChI=1S/C6H10N6O2/c1-11(10-12(2)14)6-4(5(7)13)8-3-9-6/h3H,1-2H3,(H3-,7,8,9,10,13,14)/p+1. The molecule has 0 saturated heterocycles. The molecule has 0 saturated carbocycles. The molecule has 0 bridgehead atoms. The first-order valence-electron chi connectivity index (χ1n) is 3.76. The average molecular weight is 199 g/mol. The first-order valence-corrected chi connectivity index (χ1v) is 3.76. The van der Waals surface area contributed by atoms with Crippen molar-refractivity contribution in [3.63, 3.8) is 0 Å². The highest BCUT2D eigenvalue weighted by Gasteiger charge is 2.17. The molecule has 0 unspecified atom stereocenters. The molecule has 0 aliphatic rings. The Morgan fingerprint density at radius 2 is 2.43 bits per heavy atom. The van der Waals surface area contributed by atoms with E-state index in [1.807, 2.05) is 0 Å². The van der Waals surface area contributed by atoms with Gasteiger partial charge in [-0.2, -0.15) is 0 Å². The van der Waals surface area contributed by atoms with Gasteiger partial charge < -0.3 is 10.7 Å². The Balaban J connectivity index is 2.89. The summed E-state index contributed by atoms with van der Waals surface area (Å²) in [5, 5.41) is 1.28. The molecule has 14 heavy (non-hydrogen) atoms. The van der Waals surface area contributed by atoms with Crippen LogP contribution < -0.4 is 16.3 Å². The number of hydrogen-bond donors (Lipinski definition) is 3. The van der Waals surface area contributed by atoms with Gasteiger partial charge in [0.1, 0.15) is 10.6 Å². The van der Waals surface area contributed by atoms with Crippen LogP contribution in [0.1, 0.15) is 10.5 Å². The number of aromatic amines is 1. The van der Waals surface area contributed by atoms with Crippen LogP contribution in [0, 0.1) is 4.91 Å². The number of nitrogens with one attached hydrogen (secondary N) is 2. The molecule has 0 aliphatic heterocycles. The van der Waals surface area contributed by atoms with E-state index in [2.05, 4.69) is 15.5 Å². The minimum Gasteiger partial charge on any atom is -0.364 e. The second kappa shape index (κ2) is 3.73. The molecular weight excluding hydrogens is 188 g/mol. The maximum Gasteiger partial charge on any atom is 0.269 e. The third-order valence-corrected chi connectivity index (χ3v) is 1.47. The van der Waals surface area contributed by atoms with Gasteiger partial charge in [-0.05, 0) is 0 Å². The third kappa shape index (κ3) is 1.97. The van der Waals surface area contributed by atoms with E-state index in [4.69, 9.17) is 5.73 Å². The fourth-order valence-corrected chi connectivity index (χ4v) is 0.981. The van der Waals surface area contributed by atoms with Crippen molar-refractivity contribution in [2.75, 3.05) is 19.1 Å². The topological polar surface area (TPSA) is 107 Å². The molecule has 1 aromatic heterocycles. The number of amides is 1. The van der Waals surface area contributed by atoms with Gasteiger partial charge in [-0.15, -0.1) is 0 Å². The summed E-state index contributed by atoms with van der Waals surface area (Å²) in [6, 6.07) is 0. The number of carbonyl (C=O) groups excluding carboxylic acids is 1. The number of hydrogen-bond acceptors (Lipinski definition) is 4. The lowest BCUT2D eigenvalue weighted by atomic mass is 10.4. The van der Waals surface area contributed by atoms with Crippen LogP contribution in [-0.4, -0.2) is 34.8 Å². The van der Waals surface area contributed by atoms with Gasteiger partial charge in [0, 0.05) is 7.05 Å². The van der Waals surface area contributed by atoms with E-state index >= 15 is 0 Å². The number of H-pyrrole nitrogens is 1. The van der Waals surface area contributed by atoms with Gasteiger partial charge in [0.2, 0.25) is 7.05 Å². The highest BCUT2D eigenvalue weighted by Crippen LogP contribution is 2.10. The number of aromatic nitrogens is 2. The van der Waals surface area contributed by atoms with Crippen molar-refractivity contribution in [3.05, 3.63) is 16.9 Å². The van der Waals surface area contributed by atoms with Gasteiger partial charge in [0.05, 0.1) is 11.2 Å². The number of hydrazine groups is 2. The number of primary amides is 1. The summed E-state index contributed by atoms with van der Waals surface area (Å²) in [5.74, 6) is -0.375. The Hall–Kier alpha value is -2.12. The molecule has 1 amide bonds. The molecule has 0 atom stereocenters. The number of anilines is 1. The summed E-state index contributed by atoms with van der Waals surface area (Å²) in [7, 11) is 2.81. The second-order valence-electron chi connectivity index (χ2n) is 2.62. The van der Waals surface area contributed by atoms with Crippen LogP contribution in [0.3, 0.4) is 0 Å². The Labute approximate surface area is 79.6 Å². The second-order valence-corrected chi connectivity index (χ2v) is 2.62. The lowest BCUT2D eigenvalue weighted by molar-refractivity contribution is -0.581. The quantitative estimate of drug-likeness (QED) is 0.416. The predicted octanol–water partition coefficient (Wildman–Crippen LogP) is -1.23. The SMILES string of the molecule is CN(N[N+](C)=O)c1nc[nH]c1C(N)=O. The predicted molar refractivity (Wildman–Crippen MR) is 48.2 cm³/mol. The first kappa shape index (κ1) is 9.96. The molecule has 1 heterocycles. The number of imidazole rings is 1. The van der Waals surface area contributed by atoms with Gasteiger partial charge in [-0.3, -0.25) is 4.79 Å². The summed E-state index contributed by atoms with van der Waals surface area (Å²) in [6.45, 7) is 0. The fraction of sp³-hybridized carbons (Fsp3) is 0.333. The Morgan fingerprint density at radius 1 is 1.79 bits per heavy atom. The van der Waals surface area contributed by atoms with Gasteiger partial charge >= 0.3 is 0 Å². The molecule has 76 valence electrons. The van der Waals surface area contributed by atoms with Crippen molar-refractivity contribution in [2.45, 2.75) is 0 Å². The van der Waals surface area contributed by atoms with E-state index in [-0.39, 0.29) is 11.5 Å². The largest absolute Gasteiger partial charge is 0.364 e. The molecule has 8 heteroatoms. The first-order chi connectivity index (χ1) is 6.52. The maximum atomic E-state index is 10.9. The third-order valence-electron chi connectivity index (χ3n) is 1.47. The van der Waals surface area contributed by atoms with Crippen LogP contribution in [0.25, 0.3) is 0 Å². The summed E-state index contributed by atoms with van der Waals surface area (Å²) in [6.07, 6.45) is 1.32. The highest BCUT2D eigenvalue weighted by molar-refractivity contribution is 5.95. The Morgan fingerprint density at radius 3 is 2.93 bits per heavy atom. The zero-order valence-corrected chi connectivity index (χ0v) is 7.81. The van der Waals surface area contributed by atoms with Gasteiger partial charge in [0.25, 0.3) is 5.91 Å². The molecule has 1 aromatic rings. The highest BCUT2D eigenvalue weighted by atomic mass is 16.3. The van der Waals surface area contributed by atoms with Gasteiger partial charge in [-0.25, -0.2) is 9.99 Å². The molecule has 8 nitrogen and oxygen atoms in total. The van der Waals surface area contributed by atoms with E-state index in [1.54, 1.807) is 0 Å². The van der Waals surface area contributed by atoms with Crippen LogP contribution in [0.15, 0.2) is 6.33 Å². The van der Waals surface area contributed by atoms with Crippen molar-refractivity contribution in [1.29, 1.82) is 0 Å². The minimum absolute atomic E-state index is 0.141. The Bertz CT molecular complexity index is 359. The number of carbonyl (C=O) groups is 1. The zero-order chi connectivity index (χ0) is 10.7. The van der Waals surface area contributed by atoms with Crippen LogP contribution in [0.2, 0.25) is 0 Å². The van der Waals surface area contributed by atoms with Crippen molar-refractivity contribution in [3.8, 4) is 0 Å². The van der Waals surface area contributed by atoms with Crippen LogP contribution >= 0.6 is 0 Å². The monoisotopic (exact) mass is 199 g/mol. The van der Waals surface area contributed by atoms with Crippen LogP contribution in [-0.2, 0) is 0 Å². The molecule has 0 aromatic carbocycles. The summed E-state index contributed by atoms with van der Waals surface area (Å²) >= 11 is 0. The minimum atomic E-state index is -0.639. The maximum absolute atomic E-state index is 10.9. The number of nitroso groups, excluding NO2 is 1. The summed E-state index contributed by atoms with van der Waals surface area (Å²) in [5.41, 5.74) is 7.57. The zero-order valence-electron chi connectivity index (χ0n) is 7.81. The Kier molecular flexibility index (Phi) is 2.65. The molecule has 0 spiro atoms. The number of nitrogens with two attached hydrogens (primary N) is 1. The van der Waals surface area contributed by atoms with E-state index in [0.717, 1.165) is 0 Å². The molecule has 0 radical (unpaired) electrons. The van der Waals surface area contributed by atoms with Crippen molar-refractivity contribution < 1.29 is 9.66 Å². The van der Waals surface area contributed by atoms with E-state index < -0.39 is 5.91 Å². The number of rotatable bonds is 4. The summed E-state index contributed by atoms with van der Waals surface area (Å²) < 4.78 is 0.